The van der Waals surface area contributed by atoms with Crippen LogP contribution in [-0.4, -0.2) is 24.6 Å². The van der Waals surface area contributed by atoms with Gasteiger partial charge in [0.15, 0.2) is 0 Å². The van der Waals surface area contributed by atoms with Gasteiger partial charge in [-0.1, -0.05) is 26.5 Å². The first-order valence-corrected chi connectivity index (χ1v) is 9.64. The van der Waals surface area contributed by atoms with E-state index in [2.05, 4.69) is 20.1 Å². The van der Waals surface area contributed by atoms with Crippen molar-refractivity contribution in [3.63, 3.8) is 0 Å². The maximum Gasteiger partial charge on any atom is 0.330 e. The summed E-state index contributed by atoms with van der Waals surface area (Å²) < 4.78 is 10.6. The maximum atomic E-state index is 11.5. The average molecular weight is 348 g/mol. The molecule has 0 N–H and O–H groups in total. The molecule has 2 aliphatic carbocycles. The highest BCUT2D eigenvalue weighted by Gasteiger charge is 2.52. The fourth-order valence-electron chi connectivity index (χ4n) is 5.29. The van der Waals surface area contributed by atoms with Crippen molar-refractivity contribution in [1.82, 2.24) is 0 Å². The van der Waals surface area contributed by atoms with Crippen LogP contribution in [0.15, 0.2) is 25.3 Å². The van der Waals surface area contributed by atoms with Crippen LogP contribution in [0.4, 0.5) is 0 Å². The Morgan fingerprint density at radius 2 is 1.84 bits per heavy atom. The number of ether oxygens (including phenoxy) is 2. The van der Waals surface area contributed by atoms with E-state index >= 15 is 0 Å². The smallest absolute Gasteiger partial charge is 0.330 e. The zero-order valence-electron chi connectivity index (χ0n) is 15.6. The molecule has 2 rings (SSSR count). The van der Waals surface area contributed by atoms with Crippen molar-refractivity contribution in [3.8, 4) is 0 Å². The lowest BCUT2D eigenvalue weighted by Gasteiger charge is -2.38. The molecule has 0 spiro atoms. The molecule has 0 radical (unpaired) electrons. The number of esters is 2. The van der Waals surface area contributed by atoms with Crippen LogP contribution in [0.2, 0.25) is 0 Å². The minimum atomic E-state index is -0.343. The molecular formula is C21H32O4. The number of hydrogen-bond acceptors (Lipinski definition) is 4. The molecule has 0 aromatic rings. The number of unbranched alkanes of at least 4 members (excludes halogenated alkanes) is 1. The number of fused-ring (bicyclic) bond motifs is 2. The zero-order valence-corrected chi connectivity index (χ0v) is 15.6. The molecule has 0 aromatic carbocycles. The maximum absolute atomic E-state index is 11.5. The van der Waals surface area contributed by atoms with Gasteiger partial charge >= 0.3 is 11.9 Å². The molecule has 4 nitrogen and oxygen atoms in total. The fraction of sp³-hybridized carbons (Fsp3) is 0.714. The van der Waals surface area contributed by atoms with Crippen LogP contribution in [0, 0.1) is 29.6 Å². The summed E-state index contributed by atoms with van der Waals surface area (Å²) in [5.74, 6) is 2.73. The second kappa shape index (κ2) is 9.21. The molecule has 0 aliphatic heterocycles. The predicted octanol–water partition coefficient (Wildman–Crippen LogP) is 4.30. The van der Waals surface area contributed by atoms with Gasteiger partial charge in [0, 0.05) is 12.2 Å². The van der Waals surface area contributed by atoms with Crippen molar-refractivity contribution < 1.29 is 19.1 Å². The SMILES string of the molecule is C=CC(=O)OCCCCC1C(CC)C2CC(C(C)OC(=O)C=C)[C@@H]1C2. The van der Waals surface area contributed by atoms with E-state index in [1.165, 1.54) is 37.8 Å². The number of carbonyl (C=O) groups excluding carboxylic acids is 2. The molecule has 5 unspecified atom stereocenters. The van der Waals surface area contributed by atoms with Crippen LogP contribution < -0.4 is 0 Å². The first-order chi connectivity index (χ1) is 12.0. The second-order valence-electron chi connectivity index (χ2n) is 7.51. The van der Waals surface area contributed by atoms with Gasteiger partial charge in [-0.3, -0.25) is 0 Å². The van der Waals surface area contributed by atoms with E-state index in [9.17, 15) is 9.59 Å². The third kappa shape index (κ3) is 4.74. The van der Waals surface area contributed by atoms with Crippen molar-refractivity contribution in [2.75, 3.05) is 6.61 Å². The average Bonchev–Trinajstić information content (AvgIpc) is 3.19. The first-order valence-electron chi connectivity index (χ1n) is 9.64. The molecule has 2 aliphatic rings. The predicted molar refractivity (Wildman–Crippen MR) is 97.7 cm³/mol. The van der Waals surface area contributed by atoms with Gasteiger partial charge in [0.05, 0.1) is 6.61 Å². The van der Waals surface area contributed by atoms with Gasteiger partial charge in [0.2, 0.25) is 0 Å². The van der Waals surface area contributed by atoms with E-state index in [-0.39, 0.29) is 18.0 Å². The summed E-state index contributed by atoms with van der Waals surface area (Å²) in [6.07, 6.45) is 9.25. The minimum absolute atomic E-state index is 0.0330. The van der Waals surface area contributed by atoms with E-state index in [0.29, 0.717) is 24.4 Å². The van der Waals surface area contributed by atoms with Crippen molar-refractivity contribution in [1.29, 1.82) is 0 Å². The summed E-state index contributed by atoms with van der Waals surface area (Å²) in [4.78, 5) is 22.6. The van der Waals surface area contributed by atoms with E-state index in [0.717, 1.165) is 24.7 Å². The molecule has 0 saturated heterocycles. The lowest BCUT2D eigenvalue weighted by Crippen LogP contribution is -2.35. The van der Waals surface area contributed by atoms with Crippen LogP contribution >= 0.6 is 0 Å². The van der Waals surface area contributed by atoms with Crippen LogP contribution in [0.3, 0.4) is 0 Å². The molecule has 0 aromatic heterocycles. The summed E-state index contributed by atoms with van der Waals surface area (Å²) >= 11 is 0. The number of hydrogen-bond donors (Lipinski definition) is 0. The lowest BCUT2D eigenvalue weighted by molar-refractivity contribution is -0.146. The summed E-state index contributed by atoms with van der Waals surface area (Å²) in [6.45, 7) is 11.7. The van der Waals surface area contributed by atoms with Crippen LogP contribution in [-0.2, 0) is 19.1 Å². The Morgan fingerprint density at radius 3 is 2.48 bits per heavy atom. The van der Waals surface area contributed by atoms with Crippen molar-refractivity contribution in [2.45, 2.75) is 58.5 Å². The third-order valence-corrected chi connectivity index (χ3v) is 6.29. The van der Waals surface area contributed by atoms with Crippen LogP contribution in [0.25, 0.3) is 0 Å². The van der Waals surface area contributed by atoms with Gasteiger partial charge in [-0.2, -0.15) is 0 Å². The highest BCUT2D eigenvalue weighted by Crippen LogP contribution is 2.58. The quantitative estimate of drug-likeness (QED) is 0.335. The standard InChI is InChI=1S/C21H32O4/c1-5-16-15-12-18(14(4)25-21(23)7-3)19(13-15)17(16)10-8-9-11-24-20(22)6-2/h6-7,14-19H,2-3,5,8-13H2,1,4H3/t14?,15?,16?,17?,18?,19-/m1/s1. The van der Waals surface area contributed by atoms with Gasteiger partial charge in [-0.15, -0.1) is 0 Å². The van der Waals surface area contributed by atoms with Gasteiger partial charge < -0.3 is 9.47 Å². The van der Waals surface area contributed by atoms with Gasteiger partial charge in [0.1, 0.15) is 6.10 Å². The molecule has 0 heterocycles. The monoisotopic (exact) mass is 348 g/mol. The Labute approximate surface area is 151 Å². The molecule has 2 bridgehead atoms. The number of carbonyl (C=O) groups is 2. The summed E-state index contributed by atoms with van der Waals surface area (Å²) in [7, 11) is 0. The topological polar surface area (TPSA) is 52.6 Å². The molecule has 25 heavy (non-hydrogen) atoms. The fourth-order valence-corrected chi connectivity index (χ4v) is 5.29. The van der Waals surface area contributed by atoms with Gasteiger partial charge in [-0.05, 0) is 68.6 Å². The Kier molecular flexibility index (Phi) is 7.27. The van der Waals surface area contributed by atoms with Crippen molar-refractivity contribution in [2.24, 2.45) is 29.6 Å². The van der Waals surface area contributed by atoms with Crippen LogP contribution in [0.5, 0.6) is 0 Å². The Morgan fingerprint density at radius 1 is 1.12 bits per heavy atom. The highest BCUT2D eigenvalue weighted by atomic mass is 16.5. The summed E-state index contributed by atoms with van der Waals surface area (Å²) in [5, 5.41) is 0. The van der Waals surface area contributed by atoms with Crippen molar-refractivity contribution >= 4 is 11.9 Å². The zero-order chi connectivity index (χ0) is 18.4. The molecule has 0 amide bonds. The van der Waals surface area contributed by atoms with E-state index < -0.39 is 0 Å². The van der Waals surface area contributed by atoms with E-state index in [1.54, 1.807) is 0 Å². The molecule has 4 heteroatoms. The Balaban J connectivity index is 1.85. The third-order valence-electron chi connectivity index (χ3n) is 6.29. The number of rotatable bonds is 10. The molecular weight excluding hydrogens is 316 g/mol. The lowest BCUT2D eigenvalue weighted by atomic mass is 9.69. The second-order valence-corrected chi connectivity index (χ2v) is 7.51. The minimum Gasteiger partial charge on any atom is -0.463 e. The first kappa shape index (κ1) is 19.7. The largest absolute Gasteiger partial charge is 0.463 e. The van der Waals surface area contributed by atoms with Crippen molar-refractivity contribution in [3.05, 3.63) is 25.3 Å². The Hall–Kier alpha value is -1.58. The molecule has 2 fully saturated rings. The highest BCUT2D eigenvalue weighted by molar-refractivity contribution is 5.81. The van der Waals surface area contributed by atoms with E-state index in [1.807, 2.05) is 6.92 Å². The van der Waals surface area contributed by atoms with Gasteiger partial charge in [0.25, 0.3) is 0 Å². The summed E-state index contributed by atoms with van der Waals surface area (Å²) in [6, 6.07) is 0. The van der Waals surface area contributed by atoms with E-state index in [4.69, 9.17) is 9.47 Å². The Bertz CT molecular complexity index is 498. The van der Waals surface area contributed by atoms with Gasteiger partial charge in [-0.25, -0.2) is 9.59 Å². The molecule has 140 valence electrons. The normalized spacial score (nSPS) is 31.4. The van der Waals surface area contributed by atoms with Crippen LogP contribution in [0.1, 0.15) is 52.4 Å². The molecule has 6 atom stereocenters. The molecule has 2 saturated carbocycles. The summed E-state index contributed by atoms with van der Waals surface area (Å²) in [5.41, 5.74) is 0.